The predicted molar refractivity (Wildman–Crippen MR) is 117 cm³/mol. The van der Waals surface area contributed by atoms with Crippen LogP contribution in [0.2, 0.25) is 5.02 Å². The van der Waals surface area contributed by atoms with Gasteiger partial charge < -0.3 is 41.0 Å². The van der Waals surface area contributed by atoms with E-state index >= 15 is 0 Å². The van der Waals surface area contributed by atoms with Crippen molar-refractivity contribution in [2.24, 2.45) is 5.73 Å². The Morgan fingerprint density at radius 3 is 2.42 bits per heavy atom. The van der Waals surface area contributed by atoms with Gasteiger partial charge in [-0.1, -0.05) is 36.9 Å². The number of benzene rings is 1. The highest BCUT2D eigenvalue weighted by Crippen LogP contribution is 2.49. The first-order chi connectivity index (χ1) is 14.5. The monoisotopic (exact) mass is 520 g/mol. The highest BCUT2D eigenvalue weighted by atomic mass is 79.9. The van der Waals surface area contributed by atoms with Crippen molar-refractivity contribution in [3.05, 3.63) is 35.0 Å². The number of aromatic amines is 1. The molecule has 1 aromatic carbocycles. The van der Waals surface area contributed by atoms with Crippen molar-refractivity contribution in [3.63, 3.8) is 0 Å². The second-order valence-corrected chi connectivity index (χ2v) is 9.57. The maximum absolute atomic E-state index is 11.3. The van der Waals surface area contributed by atoms with Gasteiger partial charge in [-0.3, -0.25) is 0 Å². The number of carbonyl (C=O) groups is 1. The van der Waals surface area contributed by atoms with Gasteiger partial charge in [-0.25, -0.2) is 4.79 Å². The summed E-state index contributed by atoms with van der Waals surface area (Å²) in [6.45, 7) is 0. The van der Waals surface area contributed by atoms with E-state index in [1.54, 1.807) is 6.07 Å². The number of carboxylic acid groups (broad SMARTS) is 1. The van der Waals surface area contributed by atoms with Crippen molar-refractivity contribution in [2.45, 2.75) is 66.8 Å². The normalized spacial score (nSPS) is 34.2. The molecule has 2 heterocycles. The van der Waals surface area contributed by atoms with E-state index in [9.17, 15) is 25.2 Å². The van der Waals surface area contributed by atoms with Gasteiger partial charge in [0.05, 0.1) is 0 Å². The van der Waals surface area contributed by atoms with Crippen LogP contribution in [-0.2, 0) is 15.3 Å². The van der Waals surface area contributed by atoms with Gasteiger partial charge in [0.2, 0.25) is 10.3 Å². The number of ether oxygens (including phenoxy) is 1. The molecule has 9 nitrogen and oxygen atoms in total. The summed E-state index contributed by atoms with van der Waals surface area (Å²) in [5.74, 6) is -4.27. The van der Waals surface area contributed by atoms with Gasteiger partial charge in [-0.15, -0.1) is 0 Å². The second kappa shape index (κ2) is 9.32. The number of nitrogens with two attached hydrogens (primary N) is 1. The van der Waals surface area contributed by atoms with Gasteiger partial charge in [-0.05, 0) is 40.9 Å². The number of fused-ring (bicyclic) bond motifs is 1. The molecule has 2 fully saturated rings. The van der Waals surface area contributed by atoms with Crippen LogP contribution in [0.4, 0.5) is 0 Å². The molecule has 172 valence electrons. The lowest BCUT2D eigenvalue weighted by molar-refractivity contribution is -0.359. The van der Waals surface area contributed by atoms with E-state index in [0.717, 1.165) is 0 Å². The van der Waals surface area contributed by atoms with Gasteiger partial charge in [0.15, 0.2) is 6.10 Å². The number of aliphatic carboxylic acids is 1. The Balaban J connectivity index is 0.000000330. The minimum absolute atomic E-state index is 0.0364. The van der Waals surface area contributed by atoms with Crippen LogP contribution in [-0.4, -0.2) is 65.3 Å². The molecule has 8 N–H and O–H groups in total. The summed E-state index contributed by atoms with van der Waals surface area (Å²) in [6, 6.07) is 5.15. The zero-order valence-corrected chi connectivity index (χ0v) is 18.9. The van der Waals surface area contributed by atoms with Crippen LogP contribution < -0.4 is 5.73 Å². The van der Waals surface area contributed by atoms with Gasteiger partial charge in [0.25, 0.3) is 0 Å². The molecule has 4 rings (SSSR count). The summed E-state index contributed by atoms with van der Waals surface area (Å²) in [5, 5.41) is 51.3. The Hall–Kier alpha value is -1.24. The molecule has 1 saturated heterocycles. The van der Waals surface area contributed by atoms with Gasteiger partial charge >= 0.3 is 5.97 Å². The third-order valence-electron chi connectivity index (χ3n) is 5.70. The smallest absolute Gasteiger partial charge is 0.335 e. The fourth-order valence-corrected chi connectivity index (χ4v) is 4.64. The van der Waals surface area contributed by atoms with Crippen molar-refractivity contribution in [1.82, 2.24) is 4.98 Å². The molecule has 1 aliphatic carbocycles. The summed E-state index contributed by atoms with van der Waals surface area (Å²) in [7, 11) is 0. The molecule has 11 heteroatoms. The quantitative estimate of drug-likeness (QED) is 0.292. The first kappa shape index (κ1) is 24.4. The molecule has 5 atom stereocenters. The molecule has 2 aromatic rings. The Morgan fingerprint density at radius 1 is 1.23 bits per heavy atom. The van der Waals surface area contributed by atoms with E-state index in [1.807, 2.05) is 0 Å². The van der Waals surface area contributed by atoms with Crippen molar-refractivity contribution in [1.29, 1.82) is 0 Å². The Morgan fingerprint density at radius 2 is 1.87 bits per heavy atom. The Labute approximate surface area is 191 Å². The number of H-pyrrole nitrogens is 1. The summed E-state index contributed by atoms with van der Waals surface area (Å²) in [5.41, 5.74) is 6.09. The minimum atomic E-state index is -2.67. The Kier molecular flexibility index (Phi) is 7.34. The molecular weight excluding hydrogens is 496 g/mol. The standard InChI is InChI=1S/C14H13BrClNO7.C6H13N/c15-13(22)11(19)9(18)10(12(20)21)24-14(13,23)7-4-17-8-3-5(16)1-2-6(7)8;7-6-4-2-1-3-5-6/h1-4,9-11,17-19,22-23H,(H,20,21);6H,1-5,7H2/t9-,10+,11+,13-,14-;/m1./s1. The number of hydrogen-bond donors (Lipinski definition) is 7. The molecule has 2 aliphatic rings. The van der Waals surface area contributed by atoms with E-state index < -0.39 is 34.6 Å². The lowest BCUT2D eigenvalue weighted by atomic mass is 9.87. The predicted octanol–water partition coefficient (Wildman–Crippen LogP) is 1.53. The van der Waals surface area contributed by atoms with Gasteiger partial charge in [-0.2, -0.15) is 0 Å². The van der Waals surface area contributed by atoms with E-state index in [1.165, 1.54) is 50.4 Å². The maximum Gasteiger partial charge on any atom is 0.335 e. The van der Waals surface area contributed by atoms with Crippen LogP contribution >= 0.6 is 27.5 Å². The number of halogens is 2. The first-order valence-corrected chi connectivity index (χ1v) is 11.1. The highest BCUT2D eigenvalue weighted by molar-refractivity contribution is 9.10. The highest BCUT2D eigenvalue weighted by Gasteiger charge is 2.65. The number of nitrogens with one attached hydrogen (secondary N) is 1. The summed E-state index contributed by atoms with van der Waals surface area (Å²) in [6.07, 6.45) is 1.98. The number of aromatic nitrogens is 1. The summed E-state index contributed by atoms with van der Waals surface area (Å²) < 4.78 is 2.54. The second-order valence-electron chi connectivity index (χ2n) is 7.92. The fourth-order valence-electron chi connectivity index (χ4n) is 3.89. The van der Waals surface area contributed by atoms with Crippen LogP contribution in [0.3, 0.4) is 0 Å². The number of rotatable bonds is 2. The zero-order valence-electron chi connectivity index (χ0n) is 16.5. The number of carboxylic acids is 1. The van der Waals surface area contributed by atoms with Gasteiger partial charge in [0.1, 0.15) is 12.2 Å². The third-order valence-corrected chi connectivity index (χ3v) is 6.94. The average Bonchev–Trinajstić information content (AvgIpc) is 3.14. The molecule has 0 unspecified atom stereocenters. The number of alkyl halides is 1. The first-order valence-electron chi connectivity index (χ1n) is 9.92. The number of aliphatic hydroxyl groups is 4. The van der Waals surface area contributed by atoms with E-state index in [-0.39, 0.29) is 5.56 Å². The van der Waals surface area contributed by atoms with Crippen LogP contribution in [0.1, 0.15) is 37.7 Å². The summed E-state index contributed by atoms with van der Waals surface area (Å²) in [4.78, 5) is 14.1. The molecule has 31 heavy (non-hydrogen) atoms. The van der Waals surface area contributed by atoms with Crippen molar-refractivity contribution < 1.29 is 35.1 Å². The molecular formula is C20H26BrClN2O7. The molecule has 1 saturated carbocycles. The largest absolute Gasteiger partial charge is 0.479 e. The van der Waals surface area contributed by atoms with Crippen LogP contribution in [0.5, 0.6) is 0 Å². The van der Waals surface area contributed by atoms with E-state index in [0.29, 0.717) is 22.0 Å². The maximum atomic E-state index is 11.3. The SMILES string of the molecule is NC1CCCCC1.O=C(O)[C@H]1O[C@](O)(c2c[nH]c3cc(Cl)ccc23)[C@@](O)(Br)[C@@H](O)[C@@H]1O. The van der Waals surface area contributed by atoms with Crippen LogP contribution in [0.25, 0.3) is 10.9 Å². The Bertz CT molecular complexity index is 933. The van der Waals surface area contributed by atoms with Crippen LogP contribution in [0, 0.1) is 0 Å². The average molecular weight is 522 g/mol. The number of hydrogen-bond acceptors (Lipinski definition) is 7. The fraction of sp³-hybridized carbons (Fsp3) is 0.550. The van der Waals surface area contributed by atoms with Crippen molar-refractivity contribution in [3.8, 4) is 0 Å². The topological polar surface area (TPSA) is 169 Å². The number of aliphatic hydroxyl groups excluding tert-OH is 2. The zero-order chi connectivity index (χ0) is 23.0. The summed E-state index contributed by atoms with van der Waals surface area (Å²) >= 11 is 8.65. The van der Waals surface area contributed by atoms with Crippen LogP contribution in [0.15, 0.2) is 24.4 Å². The molecule has 0 amide bonds. The van der Waals surface area contributed by atoms with Crippen molar-refractivity contribution >= 4 is 44.4 Å². The molecule has 1 aliphatic heterocycles. The molecule has 0 bridgehead atoms. The molecule has 0 radical (unpaired) electrons. The lowest BCUT2D eigenvalue weighted by Crippen LogP contribution is -2.69. The van der Waals surface area contributed by atoms with Gasteiger partial charge in [0, 0.05) is 33.7 Å². The third kappa shape index (κ3) is 4.62. The van der Waals surface area contributed by atoms with E-state index in [2.05, 4.69) is 20.9 Å². The van der Waals surface area contributed by atoms with Crippen molar-refractivity contribution in [2.75, 3.05) is 0 Å². The minimum Gasteiger partial charge on any atom is -0.479 e. The lowest BCUT2D eigenvalue weighted by Gasteiger charge is -2.49. The van der Waals surface area contributed by atoms with E-state index in [4.69, 9.17) is 27.2 Å². The molecule has 1 aromatic heterocycles. The molecule has 0 spiro atoms.